The standard InChI is InChI=1S/C21H31N5O2/c22-19-7-11-25(12-8-19)14-17-2-4-18(5-3-17)21(28)23-9-6-20-15-26(16-24-20)10-1-13-27/h2-5,15-16,19,27H,1,6-14,22H2,(H,23,28). The van der Waals surface area contributed by atoms with E-state index in [4.69, 9.17) is 10.8 Å². The van der Waals surface area contributed by atoms with E-state index in [9.17, 15) is 4.79 Å². The molecule has 1 fully saturated rings. The average molecular weight is 386 g/mol. The maximum atomic E-state index is 12.3. The number of piperidine rings is 1. The smallest absolute Gasteiger partial charge is 0.251 e. The summed E-state index contributed by atoms with van der Waals surface area (Å²) in [5.41, 5.74) is 8.80. The van der Waals surface area contributed by atoms with E-state index in [2.05, 4.69) is 15.2 Å². The van der Waals surface area contributed by atoms with Crippen LogP contribution in [0.3, 0.4) is 0 Å². The summed E-state index contributed by atoms with van der Waals surface area (Å²) in [6, 6.07) is 8.20. The molecule has 0 unspecified atom stereocenters. The Morgan fingerprint density at radius 1 is 1.25 bits per heavy atom. The van der Waals surface area contributed by atoms with Gasteiger partial charge in [-0.1, -0.05) is 12.1 Å². The second-order valence-corrected chi connectivity index (χ2v) is 7.50. The quantitative estimate of drug-likeness (QED) is 0.602. The normalized spacial score (nSPS) is 15.6. The van der Waals surface area contributed by atoms with Crippen molar-refractivity contribution in [1.82, 2.24) is 19.8 Å². The summed E-state index contributed by atoms with van der Waals surface area (Å²) < 4.78 is 1.96. The summed E-state index contributed by atoms with van der Waals surface area (Å²) in [5.74, 6) is -0.0600. The third kappa shape index (κ3) is 6.15. The van der Waals surface area contributed by atoms with Gasteiger partial charge >= 0.3 is 0 Å². The fraction of sp³-hybridized carbons (Fsp3) is 0.524. The van der Waals surface area contributed by atoms with Crippen LogP contribution in [0, 0.1) is 0 Å². The number of hydrogen-bond donors (Lipinski definition) is 3. The zero-order chi connectivity index (χ0) is 19.8. The first-order valence-corrected chi connectivity index (χ1v) is 10.1. The van der Waals surface area contributed by atoms with Crippen LogP contribution in [-0.2, 0) is 19.5 Å². The van der Waals surface area contributed by atoms with Crippen LogP contribution in [0.15, 0.2) is 36.8 Å². The number of rotatable bonds is 9. The van der Waals surface area contributed by atoms with Gasteiger partial charge in [-0.3, -0.25) is 9.69 Å². The molecule has 1 aliphatic heterocycles. The average Bonchev–Trinajstić information content (AvgIpc) is 3.16. The van der Waals surface area contributed by atoms with Gasteiger partial charge in [0.05, 0.1) is 12.0 Å². The van der Waals surface area contributed by atoms with E-state index < -0.39 is 0 Å². The summed E-state index contributed by atoms with van der Waals surface area (Å²) in [6.07, 6.45) is 7.24. The van der Waals surface area contributed by atoms with Gasteiger partial charge in [0.15, 0.2) is 0 Å². The second kappa shape index (κ2) is 10.4. The first-order chi connectivity index (χ1) is 13.6. The van der Waals surface area contributed by atoms with Crippen LogP contribution >= 0.6 is 0 Å². The number of benzene rings is 1. The van der Waals surface area contributed by atoms with E-state index in [-0.39, 0.29) is 12.5 Å². The van der Waals surface area contributed by atoms with Gasteiger partial charge in [-0.05, 0) is 50.0 Å². The number of imidazole rings is 1. The van der Waals surface area contributed by atoms with Crippen molar-refractivity contribution in [2.45, 2.75) is 44.8 Å². The molecule has 0 saturated carbocycles. The van der Waals surface area contributed by atoms with Gasteiger partial charge in [0.2, 0.25) is 0 Å². The van der Waals surface area contributed by atoms with Gasteiger partial charge in [-0.2, -0.15) is 0 Å². The fourth-order valence-electron chi connectivity index (χ4n) is 3.45. The summed E-state index contributed by atoms with van der Waals surface area (Å²) in [6.45, 7) is 4.47. The van der Waals surface area contributed by atoms with Crippen LogP contribution < -0.4 is 11.1 Å². The van der Waals surface area contributed by atoms with Crippen LogP contribution in [0.25, 0.3) is 0 Å². The number of amides is 1. The topological polar surface area (TPSA) is 96.4 Å². The molecule has 3 rings (SSSR count). The maximum absolute atomic E-state index is 12.3. The van der Waals surface area contributed by atoms with Crippen molar-refractivity contribution in [2.24, 2.45) is 5.73 Å². The number of carbonyl (C=O) groups is 1. The highest BCUT2D eigenvalue weighted by molar-refractivity contribution is 5.94. The van der Waals surface area contributed by atoms with Crippen molar-refractivity contribution in [2.75, 3.05) is 26.2 Å². The lowest BCUT2D eigenvalue weighted by molar-refractivity contribution is 0.0954. The Balaban J connectivity index is 1.41. The van der Waals surface area contributed by atoms with Gasteiger partial charge in [0.25, 0.3) is 5.91 Å². The largest absolute Gasteiger partial charge is 0.396 e. The molecular formula is C21H31N5O2. The molecule has 1 aromatic carbocycles. The molecule has 0 radical (unpaired) electrons. The number of aromatic nitrogens is 2. The minimum Gasteiger partial charge on any atom is -0.396 e. The van der Waals surface area contributed by atoms with E-state index in [1.54, 1.807) is 6.33 Å². The van der Waals surface area contributed by atoms with Crippen molar-refractivity contribution in [1.29, 1.82) is 0 Å². The molecule has 0 atom stereocenters. The van der Waals surface area contributed by atoms with Crippen molar-refractivity contribution < 1.29 is 9.90 Å². The first kappa shape index (κ1) is 20.5. The number of nitrogens with two attached hydrogens (primary N) is 1. The zero-order valence-electron chi connectivity index (χ0n) is 16.4. The maximum Gasteiger partial charge on any atom is 0.251 e. The van der Waals surface area contributed by atoms with Gasteiger partial charge in [0, 0.05) is 50.5 Å². The number of nitrogens with one attached hydrogen (secondary N) is 1. The third-order valence-electron chi connectivity index (χ3n) is 5.18. The SMILES string of the molecule is NC1CCN(Cc2ccc(C(=O)NCCc3cn(CCCO)cn3)cc2)CC1. The monoisotopic (exact) mass is 385 g/mol. The highest BCUT2D eigenvalue weighted by Gasteiger charge is 2.16. The van der Waals surface area contributed by atoms with Crippen LogP contribution in [-0.4, -0.2) is 57.7 Å². The molecule has 1 saturated heterocycles. The molecule has 7 heteroatoms. The zero-order valence-corrected chi connectivity index (χ0v) is 16.4. The molecule has 2 heterocycles. The van der Waals surface area contributed by atoms with Crippen molar-refractivity contribution >= 4 is 5.91 Å². The third-order valence-corrected chi connectivity index (χ3v) is 5.18. The van der Waals surface area contributed by atoms with Crippen LogP contribution in [0.2, 0.25) is 0 Å². The molecule has 28 heavy (non-hydrogen) atoms. The van der Waals surface area contributed by atoms with E-state index in [1.165, 1.54) is 5.56 Å². The lowest BCUT2D eigenvalue weighted by Crippen LogP contribution is -2.39. The second-order valence-electron chi connectivity index (χ2n) is 7.50. The van der Waals surface area contributed by atoms with Gasteiger partial charge in [0.1, 0.15) is 0 Å². The molecular weight excluding hydrogens is 354 g/mol. The van der Waals surface area contributed by atoms with Gasteiger partial charge in [-0.25, -0.2) is 4.98 Å². The number of aliphatic hydroxyl groups is 1. The highest BCUT2D eigenvalue weighted by atomic mass is 16.3. The molecule has 7 nitrogen and oxygen atoms in total. The van der Waals surface area contributed by atoms with Crippen molar-refractivity contribution in [3.8, 4) is 0 Å². The summed E-state index contributed by atoms with van der Waals surface area (Å²) in [4.78, 5) is 19.1. The molecule has 0 spiro atoms. The molecule has 0 bridgehead atoms. The lowest BCUT2D eigenvalue weighted by Gasteiger charge is -2.30. The van der Waals surface area contributed by atoms with Crippen LogP contribution in [0.1, 0.15) is 40.9 Å². The Labute approximate surface area is 166 Å². The Hall–Kier alpha value is -2.22. The van der Waals surface area contributed by atoms with Crippen LogP contribution in [0.4, 0.5) is 0 Å². The van der Waals surface area contributed by atoms with E-state index in [1.807, 2.05) is 35.0 Å². The predicted octanol–water partition coefficient (Wildman–Crippen LogP) is 1.16. The van der Waals surface area contributed by atoms with Crippen LogP contribution in [0.5, 0.6) is 0 Å². The number of likely N-dealkylation sites (tertiary alicyclic amines) is 1. The number of carbonyl (C=O) groups excluding carboxylic acids is 1. The van der Waals surface area contributed by atoms with Gasteiger partial charge < -0.3 is 20.7 Å². The molecule has 1 aliphatic rings. The Bertz CT molecular complexity index is 736. The Morgan fingerprint density at radius 2 is 2.00 bits per heavy atom. The first-order valence-electron chi connectivity index (χ1n) is 10.1. The Morgan fingerprint density at radius 3 is 2.71 bits per heavy atom. The Kier molecular flexibility index (Phi) is 7.59. The number of hydrogen-bond acceptors (Lipinski definition) is 5. The molecule has 4 N–H and O–H groups in total. The van der Waals surface area contributed by atoms with E-state index in [0.717, 1.165) is 44.7 Å². The minimum atomic E-state index is -0.0600. The summed E-state index contributed by atoms with van der Waals surface area (Å²) >= 11 is 0. The molecule has 0 aliphatic carbocycles. The van der Waals surface area contributed by atoms with Gasteiger partial charge in [-0.15, -0.1) is 0 Å². The number of aryl methyl sites for hydroxylation is 1. The lowest BCUT2D eigenvalue weighted by atomic mass is 10.0. The van der Waals surface area contributed by atoms with Crippen molar-refractivity contribution in [3.05, 3.63) is 53.6 Å². The predicted molar refractivity (Wildman–Crippen MR) is 109 cm³/mol. The highest BCUT2D eigenvalue weighted by Crippen LogP contribution is 2.13. The fourth-order valence-corrected chi connectivity index (χ4v) is 3.45. The van der Waals surface area contributed by atoms with E-state index in [0.29, 0.717) is 31.0 Å². The number of nitrogens with zero attached hydrogens (tertiary/aromatic N) is 3. The van der Waals surface area contributed by atoms with Crippen molar-refractivity contribution in [3.63, 3.8) is 0 Å². The minimum absolute atomic E-state index is 0.0600. The summed E-state index contributed by atoms with van der Waals surface area (Å²) in [7, 11) is 0. The van der Waals surface area contributed by atoms with E-state index >= 15 is 0 Å². The molecule has 152 valence electrons. The molecule has 2 aromatic rings. The molecule has 1 aromatic heterocycles. The number of aliphatic hydroxyl groups excluding tert-OH is 1. The summed E-state index contributed by atoms with van der Waals surface area (Å²) in [5, 5.41) is 11.8. The molecule has 1 amide bonds.